The second-order valence-corrected chi connectivity index (χ2v) is 5.02. The maximum absolute atomic E-state index is 13.2. The number of aliphatic hydroxyl groups excluding tert-OH is 1. The Labute approximate surface area is 111 Å². The van der Waals surface area contributed by atoms with Crippen LogP contribution in [0.25, 0.3) is 0 Å². The Kier molecular flexibility index (Phi) is 3.87. The molecular formula is C15H16FNO2. The number of carbonyl (C=O) groups excluding carboxylic acids is 1. The third-order valence-electron chi connectivity index (χ3n) is 3.40. The number of halogens is 1. The molecule has 0 bridgehead atoms. The highest BCUT2D eigenvalue weighted by Crippen LogP contribution is 2.31. The van der Waals surface area contributed by atoms with E-state index in [-0.39, 0.29) is 18.1 Å². The molecule has 0 aromatic heterocycles. The Morgan fingerprint density at radius 2 is 2.26 bits per heavy atom. The number of carbonyl (C=O) groups is 1. The van der Waals surface area contributed by atoms with Crippen LogP contribution in [-0.4, -0.2) is 23.2 Å². The van der Waals surface area contributed by atoms with E-state index in [1.54, 1.807) is 0 Å². The molecule has 19 heavy (non-hydrogen) atoms. The number of amides is 1. The van der Waals surface area contributed by atoms with E-state index in [1.165, 1.54) is 18.2 Å². The van der Waals surface area contributed by atoms with E-state index in [1.807, 2.05) is 6.92 Å². The first kappa shape index (κ1) is 13.6. The molecule has 1 aliphatic rings. The van der Waals surface area contributed by atoms with Gasteiger partial charge < -0.3 is 10.4 Å². The molecule has 1 fully saturated rings. The fourth-order valence-electron chi connectivity index (χ4n) is 2.13. The molecule has 3 nitrogen and oxygen atoms in total. The molecule has 2 rings (SSSR count). The monoisotopic (exact) mass is 261 g/mol. The first-order valence-corrected chi connectivity index (χ1v) is 6.26. The average molecular weight is 261 g/mol. The summed E-state index contributed by atoms with van der Waals surface area (Å²) >= 11 is 0. The number of hydrogen-bond acceptors (Lipinski definition) is 2. The lowest BCUT2D eigenvalue weighted by Crippen LogP contribution is -2.51. The van der Waals surface area contributed by atoms with Gasteiger partial charge in [-0.05, 0) is 44.4 Å². The Bertz CT molecular complexity index is 553. The van der Waals surface area contributed by atoms with Crippen LogP contribution in [0.1, 0.15) is 42.1 Å². The van der Waals surface area contributed by atoms with Gasteiger partial charge in [0.25, 0.3) is 5.91 Å². The summed E-state index contributed by atoms with van der Waals surface area (Å²) in [5, 5.41) is 11.6. The van der Waals surface area contributed by atoms with Crippen LogP contribution < -0.4 is 5.32 Å². The van der Waals surface area contributed by atoms with Crippen molar-refractivity contribution in [3.05, 3.63) is 35.1 Å². The van der Waals surface area contributed by atoms with Gasteiger partial charge in [0.2, 0.25) is 0 Å². The normalized spacial score (nSPS) is 15.9. The van der Waals surface area contributed by atoms with Gasteiger partial charge in [0, 0.05) is 11.1 Å². The molecule has 1 amide bonds. The van der Waals surface area contributed by atoms with Gasteiger partial charge in [0.05, 0.1) is 5.56 Å². The molecule has 0 unspecified atom stereocenters. The molecule has 1 aromatic rings. The van der Waals surface area contributed by atoms with Crippen molar-refractivity contribution in [2.24, 2.45) is 0 Å². The largest absolute Gasteiger partial charge is 0.384 e. The summed E-state index contributed by atoms with van der Waals surface area (Å²) in [6.07, 6.45) is 3.02. The molecular weight excluding hydrogens is 245 g/mol. The van der Waals surface area contributed by atoms with Crippen molar-refractivity contribution in [3.63, 3.8) is 0 Å². The molecule has 100 valence electrons. The highest BCUT2D eigenvalue weighted by Gasteiger charge is 2.33. The van der Waals surface area contributed by atoms with Crippen LogP contribution >= 0.6 is 0 Å². The van der Waals surface area contributed by atoms with Crippen LogP contribution in [-0.2, 0) is 0 Å². The number of nitrogens with one attached hydrogen (secondary N) is 1. The van der Waals surface area contributed by atoms with Gasteiger partial charge in [-0.1, -0.05) is 11.8 Å². The molecule has 0 spiro atoms. The molecule has 0 heterocycles. The lowest BCUT2D eigenvalue weighted by molar-refractivity contribution is 0.0850. The van der Waals surface area contributed by atoms with E-state index in [9.17, 15) is 9.18 Å². The number of rotatable bonds is 2. The molecule has 0 aliphatic heterocycles. The summed E-state index contributed by atoms with van der Waals surface area (Å²) in [6, 6.07) is 3.87. The average Bonchev–Trinajstić information content (AvgIpc) is 2.34. The van der Waals surface area contributed by atoms with Crippen molar-refractivity contribution < 1.29 is 14.3 Å². The standard InChI is InChI=1S/C15H16FNO2/c1-15(7-3-8-15)17-14(19)13-6-5-12(16)10-11(13)4-2-9-18/h5-6,10,18H,3,7-9H2,1H3,(H,17,19). The van der Waals surface area contributed by atoms with Crippen LogP contribution in [0.15, 0.2) is 18.2 Å². The molecule has 4 heteroatoms. The zero-order valence-electron chi connectivity index (χ0n) is 10.8. The van der Waals surface area contributed by atoms with Crippen molar-refractivity contribution in [2.75, 3.05) is 6.61 Å². The summed E-state index contributed by atoms with van der Waals surface area (Å²) in [5.41, 5.74) is 0.484. The van der Waals surface area contributed by atoms with Crippen molar-refractivity contribution in [1.82, 2.24) is 5.32 Å². The van der Waals surface area contributed by atoms with Crippen LogP contribution in [0.2, 0.25) is 0 Å². The topological polar surface area (TPSA) is 49.3 Å². The van der Waals surface area contributed by atoms with Gasteiger partial charge in [0.1, 0.15) is 12.4 Å². The zero-order chi connectivity index (χ0) is 13.9. The lowest BCUT2D eigenvalue weighted by atomic mass is 9.78. The molecule has 1 saturated carbocycles. The SMILES string of the molecule is CC1(NC(=O)c2ccc(F)cc2C#CCO)CCC1. The van der Waals surface area contributed by atoms with Crippen molar-refractivity contribution >= 4 is 5.91 Å². The first-order valence-electron chi connectivity index (χ1n) is 6.26. The van der Waals surface area contributed by atoms with Crippen molar-refractivity contribution in [3.8, 4) is 11.8 Å². The zero-order valence-corrected chi connectivity index (χ0v) is 10.8. The molecule has 0 radical (unpaired) electrons. The molecule has 0 atom stereocenters. The number of hydrogen-bond donors (Lipinski definition) is 2. The van der Waals surface area contributed by atoms with E-state index in [0.29, 0.717) is 11.1 Å². The van der Waals surface area contributed by atoms with E-state index in [4.69, 9.17) is 5.11 Å². The lowest BCUT2D eigenvalue weighted by Gasteiger charge is -2.39. The highest BCUT2D eigenvalue weighted by molar-refractivity contribution is 5.97. The minimum Gasteiger partial charge on any atom is -0.384 e. The van der Waals surface area contributed by atoms with Crippen LogP contribution in [0, 0.1) is 17.7 Å². The van der Waals surface area contributed by atoms with Gasteiger partial charge in [-0.3, -0.25) is 4.79 Å². The highest BCUT2D eigenvalue weighted by atomic mass is 19.1. The van der Waals surface area contributed by atoms with E-state index < -0.39 is 5.82 Å². The summed E-state index contributed by atoms with van der Waals surface area (Å²) in [5.74, 6) is 4.35. The Morgan fingerprint density at radius 3 is 2.84 bits per heavy atom. The summed E-state index contributed by atoms with van der Waals surface area (Å²) < 4.78 is 13.2. The van der Waals surface area contributed by atoms with Crippen LogP contribution in [0.3, 0.4) is 0 Å². The molecule has 1 aliphatic carbocycles. The predicted molar refractivity (Wildman–Crippen MR) is 70.1 cm³/mol. The van der Waals surface area contributed by atoms with Crippen molar-refractivity contribution in [2.45, 2.75) is 31.7 Å². The van der Waals surface area contributed by atoms with Gasteiger partial charge in [-0.25, -0.2) is 4.39 Å². The van der Waals surface area contributed by atoms with Crippen LogP contribution in [0.5, 0.6) is 0 Å². The van der Waals surface area contributed by atoms with E-state index in [0.717, 1.165) is 19.3 Å². The number of benzene rings is 1. The second kappa shape index (κ2) is 5.41. The van der Waals surface area contributed by atoms with Gasteiger partial charge in [-0.2, -0.15) is 0 Å². The quantitative estimate of drug-likeness (QED) is 0.798. The maximum atomic E-state index is 13.2. The Hall–Kier alpha value is -1.86. The maximum Gasteiger partial charge on any atom is 0.252 e. The first-order chi connectivity index (χ1) is 9.04. The fraction of sp³-hybridized carbons (Fsp3) is 0.400. The van der Waals surface area contributed by atoms with Gasteiger partial charge in [0.15, 0.2) is 0 Å². The second-order valence-electron chi connectivity index (χ2n) is 5.02. The molecule has 0 saturated heterocycles. The van der Waals surface area contributed by atoms with Crippen molar-refractivity contribution in [1.29, 1.82) is 0 Å². The Morgan fingerprint density at radius 1 is 1.53 bits per heavy atom. The summed E-state index contributed by atoms with van der Waals surface area (Å²) in [7, 11) is 0. The third-order valence-corrected chi connectivity index (χ3v) is 3.40. The fourth-order valence-corrected chi connectivity index (χ4v) is 2.13. The van der Waals surface area contributed by atoms with E-state index >= 15 is 0 Å². The third kappa shape index (κ3) is 3.12. The molecule has 2 N–H and O–H groups in total. The summed E-state index contributed by atoms with van der Waals surface area (Å²) in [6.45, 7) is 1.67. The summed E-state index contributed by atoms with van der Waals surface area (Å²) in [4.78, 5) is 12.2. The minimum absolute atomic E-state index is 0.160. The molecule has 1 aromatic carbocycles. The van der Waals surface area contributed by atoms with Gasteiger partial charge >= 0.3 is 0 Å². The minimum atomic E-state index is -0.450. The predicted octanol–water partition coefficient (Wildman–Crippen LogP) is 1.84. The van der Waals surface area contributed by atoms with Crippen LogP contribution in [0.4, 0.5) is 4.39 Å². The van der Waals surface area contributed by atoms with E-state index in [2.05, 4.69) is 17.2 Å². The Balaban J connectivity index is 2.25. The smallest absolute Gasteiger partial charge is 0.252 e. The van der Waals surface area contributed by atoms with Gasteiger partial charge in [-0.15, -0.1) is 0 Å². The number of aliphatic hydroxyl groups is 1.